The van der Waals surface area contributed by atoms with Crippen LogP contribution >= 0.6 is 24.0 Å². The minimum absolute atomic E-state index is 0. The molecule has 160 valence electrons. The van der Waals surface area contributed by atoms with Gasteiger partial charge in [0.25, 0.3) is 0 Å². The first-order valence-electron chi connectivity index (χ1n) is 9.27. The van der Waals surface area contributed by atoms with Gasteiger partial charge in [-0.05, 0) is 36.5 Å². The van der Waals surface area contributed by atoms with E-state index in [4.69, 9.17) is 0 Å². The molecule has 0 aliphatic carbocycles. The summed E-state index contributed by atoms with van der Waals surface area (Å²) in [5.74, 6) is 0.881. The molecule has 1 fully saturated rings. The number of rotatable bonds is 6. The average Bonchev–Trinajstić information content (AvgIpc) is 2.61. The van der Waals surface area contributed by atoms with Crippen molar-refractivity contribution in [3.8, 4) is 0 Å². The fourth-order valence-electron chi connectivity index (χ4n) is 3.22. The van der Waals surface area contributed by atoms with Gasteiger partial charge < -0.3 is 10.6 Å². The van der Waals surface area contributed by atoms with Gasteiger partial charge in [0.15, 0.2) is 5.96 Å². The molecule has 1 heterocycles. The molecule has 1 saturated heterocycles. The molecule has 1 aliphatic heterocycles. The molecule has 2 N–H and O–H groups in total. The summed E-state index contributed by atoms with van der Waals surface area (Å²) in [4.78, 5) is 4.25. The van der Waals surface area contributed by atoms with Gasteiger partial charge in [0.1, 0.15) is 5.82 Å². The smallest absolute Gasteiger partial charge is 0.211 e. The number of hydrogen-bond acceptors (Lipinski definition) is 3. The van der Waals surface area contributed by atoms with Crippen molar-refractivity contribution in [2.24, 2.45) is 10.9 Å². The molecule has 0 saturated carbocycles. The van der Waals surface area contributed by atoms with Crippen LogP contribution in [-0.2, 0) is 15.4 Å². The predicted octanol–water partition coefficient (Wildman–Crippen LogP) is 2.56. The van der Waals surface area contributed by atoms with E-state index in [1.165, 1.54) is 16.6 Å². The maximum atomic E-state index is 13.5. The number of nitrogens with one attached hydrogen (secondary N) is 2. The highest BCUT2D eigenvalue weighted by molar-refractivity contribution is 14.0. The van der Waals surface area contributed by atoms with E-state index in [9.17, 15) is 12.8 Å². The van der Waals surface area contributed by atoms with Crippen LogP contribution in [0.2, 0.25) is 0 Å². The zero-order chi connectivity index (χ0) is 20.1. The number of sulfonamides is 1. The van der Waals surface area contributed by atoms with E-state index < -0.39 is 10.0 Å². The van der Waals surface area contributed by atoms with Crippen LogP contribution in [0.4, 0.5) is 4.39 Å². The summed E-state index contributed by atoms with van der Waals surface area (Å²) in [6, 6.07) is 6.66. The Bertz CT molecular complexity index is 763. The van der Waals surface area contributed by atoms with Crippen LogP contribution in [0.3, 0.4) is 0 Å². The summed E-state index contributed by atoms with van der Waals surface area (Å²) in [6.07, 6.45) is 2.94. The average molecular weight is 526 g/mol. The predicted molar refractivity (Wildman–Crippen MR) is 123 cm³/mol. The number of piperidine rings is 1. The Morgan fingerprint density at radius 3 is 2.46 bits per heavy atom. The van der Waals surface area contributed by atoms with Crippen molar-refractivity contribution in [3.63, 3.8) is 0 Å². The van der Waals surface area contributed by atoms with E-state index in [0.29, 0.717) is 31.5 Å². The Kier molecular flexibility index (Phi) is 9.61. The second-order valence-electron chi connectivity index (χ2n) is 7.81. The molecule has 1 aliphatic rings. The van der Waals surface area contributed by atoms with Crippen molar-refractivity contribution >= 4 is 40.0 Å². The van der Waals surface area contributed by atoms with Crippen LogP contribution in [0.15, 0.2) is 29.3 Å². The molecule has 0 bridgehead atoms. The Balaban J connectivity index is 0.00000392. The Morgan fingerprint density at radius 2 is 1.93 bits per heavy atom. The van der Waals surface area contributed by atoms with Crippen LogP contribution in [0.5, 0.6) is 0 Å². The molecular formula is C19H32FIN4O2S. The van der Waals surface area contributed by atoms with Gasteiger partial charge in [-0.1, -0.05) is 26.0 Å². The quantitative estimate of drug-likeness (QED) is 0.340. The summed E-state index contributed by atoms with van der Waals surface area (Å²) >= 11 is 0. The van der Waals surface area contributed by atoms with Crippen molar-refractivity contribution in [2.75, 3.05) is 39.5 Å². The topological polar surface area (TPSA) is 73.8 Å². The van der Waals surface area contributed by atoms with Gasteiger partial charge in [-0.15, -0.1) is 24.0 Å². The highest BCUT2D eigenvalue weighted by Crippen LogP contribution is 2.23. The molecule has 0 spiro atoms. The third-order valence-electron chi connectivity index (χ3n) is 5.13. The Hall–Kier alpha value is -0.940. The van der Waals surface area contributed by atoms with Gasteiger partial charge in [0, 0.05) is 38.6 Å². The lowest BCUT2D eigenvalue weighted by molar-refractivity contribution is 0.274. The van der Waals surface area contributed by atoms with E-state index in [1.807, 2.05) is 6.07 Å². The zero-order valence-electron chi connectivity index (χ0n) is 17.0. The molecule has 0 aromatic heterocycles. The Morgan fingerprint density at radius 1 is 1.29 bits per heavy atom. The van der Waals surface area contributed by atoms with Gasteiger partial charge in [0.2, 0.25) is 10.0 Å². The number of hydrogen-bond donors (Lipinski definition) is 2. The largest absolute Gasteiger partial charge is 0.356 e. The molecular weight excluding hydrogens is 494 g/mol. The monoisotopic (exact) mass is 526 g/mol. The minimum Gasteiger partial charge on any atom is -0.356 e. The standard InChI is InChI=1S/C19H31FN4O2S.HI/c1-19(2,16-6-5-7-17(20)12-16)14-23-18(21-3)22-13-15-8-10-24(11-9-15)27(4,25)26;/h5-7,12,15H,8-11,13-14H2,1-4H3,(H2,21,22,23);1H. The maximum Gasteiger partial charge on any atom is 0.211 e. The summed E-state index contributed by atoms with van der Waals surface area (Å²) in [7, 11) is -1.37. The minimum atomic E-state index is -3.09. The molecule has 1 aromatic rings. The van der Waals surface area contributed by atoms with Gasteiger partial charge in [0.05, 0.1) is 6.26 Å². The van der Waals surface area contributed by atoms with Gasteiger partial charge in [-0.25, -0.2) is 17.1 Å². The fraction of sp³-hybridized carbons (Fsp3) is 0.632. The third kappa shape index (κ3) is 7.47. The van der Waals surface area contributed by atoms with Crippen molar-refractivity contribution in [1.29, 1.82) is 0 Å². The second kappa shape index (κ2) is 10.7. The van der Waals surface area contributed by atoms with Gasteiger partial charge in [-0.2, -0.15) is 0 Å². The van der Waals surface area contributed by atoms with Crippen LogP contribution < -0.4 is 10.6 Å². The van der Waals surface area contributed by atoms with Crippen LogP contribution in [0.25, 0.3) is 0 Å². The van der Waals surface area contributed by atoms with E-state index in [1.54, 1.807) is 19.2 Å². The lowest BCUT2D eigenvalue weighted by Gasteiger charge is -2.31. The van der Waals surface area contributed by atoms with E-state index in [2.05, 4.69) is 29.5 Å². The molecule has 0 radical (unpaired) electrons. The molecule has 9 heteroatoms. The Labute approximate surface area is 185 Å². The highest BCUT2D eigenvalue weighted by Gasteiger charge is 2.25. The summed E-state index contributed by atoms with van der Waals surface area (Å²) in [5.41, 5.74) is 0.680. The molecule has 0 amide bonds. The van der Waals surface area contributed by atoms with Crippen LogP contribution in [0, 0.1) is 11.7 Å². The maximum absolute atomic E-state index is 13.5. The SMILES string of the molecule is CN=C(NCC1CCN(S(C)(=O)=O)CC1)NCC(C)(C)c1cccc(F)c1.I. The summed E-state index contributed by atoms with van der Waals surface area (Å²) in [6.45, 7) is 6.62. The lowest BCUT2D eigenvalue weighted by atomic mass is 9.84. The molecule has 2 rings (SSSR count). The van der Waals surface area contributed by atoms with Crippen LogP contribution in [0.1, 0.15) is 32.3 Å². The zero-order valence-corrected chi connectivity index (χ0v) is 20.2. The van der Waals surface area contributed by atoms with Crippen molar-refractivity contribution in [1.82, 2.24) is 14.9 Å². The first kappa shape index (κ1) is 25.1. The van der Waals surface area contributed by atoms with Crippen molar-refractivity contribution < 1.29 is 12.8 Å². The molecule has 6 nitrogen and oxygen atoms in total. The third-order valence-corrected chi connectivity index (χ3v) is 6.43. The van der Waals surface area contributed by atoms with Gasteiger partial charge in [-0.3, -0.25) is 4.99 Å². The van der Waals surface area contributed by atoms with Gasteiger partial charge >= 0.3 is 0 Å². The van der Waals surface area contributed by atoms with Crippen molar-refractivity contribution in [3.05, 3.63) is 35.6 Å². The van der Waals surface area contributed by atoms with E-state index in [-0.39, 0.29) is 35.2 Å². The number of benzene rings is 1. The van der Waals surface area contributed by atoms with E-state index >= 15 is 0 Å². The van der Waals surface area contributed by atoms with Crippen LogP contribution in [-0.4, -0.2) is 58.2 Å². The second-order valence-corrected chi connectivity index (χ2v) is 9.79. The molecule has 28 heavy (non-hydrogen) atoms. The first-order valence-corrected chi connectivity index (χ1v) is 11.1. The molecule has 0 atom stereocenters. The summed E-state index contributed by atoms with van der Waals surface area (Å²) < 4.78 is 38.2. The lowest BCUT2D eigenvalue weighted by Crippen LogP contribution is -2.46. The normalized spacial score (nSPS) is 17.1. The molecule has 1 aromatic carbocycles. The number of nitrogens with zero attached hydrogens (tertiary/aromatic N) is 2. The van der Waals surface area contributed by atoms with E-state index in [0.717, 1.165) is 24.9 Å². The fourth-order valence-corrected chi connectivity index (χ4v) is 4.10. The van der Waals surface area contributed by atoms with Crippen molar-refractivity contribution in [2.45, 2.75) is 32.1 Å². The summed E-state index contributed by atoms with van der Waals surface area (Å²) in [5, 5.41) is 6.64. The number of halogens is 2. The number of guanidine groups is 1. The number of aliphatic imine (C=N–C) groups is 1. The molecule has 0 unspecified atom stereocenters. The highest BCUT2D eigenvalue weighted by atomic mass is 127. The first-order chi connectivity index (χ1) is 12.6.